The van der Waals surface area contributed by atoms with Gasteiger partial charge in [-0.15, -0.1) is 0 Å². The molecule has 0 aromatic rings. The highest BCUT2D eigenvalue weighted by Gasteiger charge is 2.33. The topological polar surface area (TPSA) is 15.3 Å². The molecule has 0 aromatic heterocycles. The minimum absolute atomic E-state index is 0.356. The lowest BCUT2D eigenvalue weighted by molar-refractivity contribution is 0.0321. The Hall–Kier alpha value is -0.0800. The van der Waals surface area contributed by atoms with Gasteiger partial charge < -0.3 is 5.32 Å². The highest BCUT2D eigenvalue weighted by atomic mass is 15.3. The predicted octanol–water partition coefficient (Wildman–Crippen LogP) is 1.47. The van der Waals surface area contributed by atoms with Crippen LogP contribution in [-0.4, -0.2) is 35.6 Å². The SMILES string of the molecule is CC(C)NC1CN(C(C)(C)C)C1. The molecule has 0 atom stereocenters. The van der Waals surface area contributed by atoms with E-state index in [1.807, 2.05) is 0 Å². The lowest BCUT2D eigenvalue weighted by atomic mass is 9.97. The first kappa shape index (κ1) is 10.0. The van der Waals surface area contributed by atoms with Crippen LogP contribution in [0.1, 0.15) is 34.6 Å². The van der Waals surface area contributed by atoms with E-state index in [4.69, 9.17) is 0 Å². The largest absolute Gasteiger partial charge is 0.309 e. The molecule has 2 heteroatoms. The number of rotatable bonds is 2. The molecule has 1 N–H and O–H groups in total. The van der Waals surface area contributed by atoms with Gasteiger partial charge in [-0.25, -0.2) is 0 Å². The Kier molecular flexibility index (Phi) is 2.79. The van der Waals surface area contributed by atoms with Crippen LogP contribution in [-0.2, 0) is 0 Å². The Morgan fingerprint density at radius 3 is 2.08 bits per heavy atom. The number of likely N-dealkylation sites (tertiary alicyclic amines) is 1. The van der Waals surface area contributed by atoms with Gasteiger partial charge in [0.1, 0.15) is 0 Å². The summed E-state index contributed by atoms with van der Waals surface area (Å²) < 4.78 is 0. The first-order valence-corrected chi connectivity index (χ1v) is 4.90. The second-order valence-electron chi connectivity index (χ2n) is 5.09. The minimum atomic E-state index is 0.356. The summed E-state index contributed by atoms with van der Waals surface area (Å²) in [4.78, 5) is 2.51. The van der Waals surface area contributed by atoms with Gasteiger partial charge >= 0.3 is 0 Å². The van der Waals surface area contributed by atoms with Crippen molar-refractivity contribution < 1.29 is 0 Å². The third-order valence-electron chi connectivity index (χ3n) is 2.40. The molecule has 1 rings (SSSR count). The van der Waals surface area contributed by atoms with E-state index in [1.165, 1.54) is 13.1 Å². The van der Waals surface area contributed by atoms with Crippen LogP contribution in [0.5, 0.6) is 0 Å². The van der Waals surface area contributed by atoms with Crippen LogP contribution in [0.15, 0.2) is 0 Å². The first-order valence-electron chi connectivity index (χ1n) is 4.90. The summed E-state index contributed by atoms with van der Waals surface area (Å²) >= 11 is 0. The van der Waals surface area contributed by atoms with Crippen LogP contribution >= 0.6 is 0 Å². The molecular formula is C10H22N2. The molecule has 72 valence electrons. The van der Waals surface area contributed by atoms with Gasteiger partial charge in [0.05, 0.1) is 0 Å². The van der Waals surface area contributed by atoms with Crippen LogP contribution in [0.3, 0.4) is 0 Å². The van der Waals surface area contributed by atoms with Crippen LogP contribution in [0.2, 0.25) is 0 Å². The summed E-state index contributed by atoms with van der Waals surface area (Å²) in [5, 5.41) is 3.54. The van der Waals surface area contributed by atoms with E-state index in [0.717, 1.165) is 6.04 Å². The summed E-state index contributed by atoms with van der Waals surface area (Å²) in [7, 11) is 0. The fourth-order valence-electron chi connectivity index (χ4n) is 1.60. The molecule has 0 aromatic carbocycles. The van der Waals surface area contributed by atoms with Gasteiger partial charge in [-0.1, -0.05) is 13.8 Å². The molecule has 1 aliphatic rings. The lowest BCUT2D eigenvalue weighted by Gasteiger charge is -2.48. The Labute approximate surface area is 76.3 Å². The third-order valence-corrected chi connectivity index (χ3v) is 2.40. The normalized spacial score (nSPS) is 21.5. The second kappa shape index (κ2) is 3.35. The van der Waals surface area contributed by atoms with Crippen LogP contribution in [0, 0.1) is 0 Å². The Bertz CT molecular complexity index is 140. The van der Waals surface area contributed by atoms with Gasteiger partial charge in [-0.05, 0) is 20.8 Å². The average molecular weight is 170 g/mol. The summed E-state index contributed by atoms with van der Waals surface area (Å²) in [6.07, 6.45) is 0. The Morgan fingerprint density at radius 1 is 1.25 bits per heavy atom. The number of hydrogen-bond donors (Lipinski definition) is 1. The number of hydrogen-bond acceptors (Lipinski definition) is 2. The van der Waals surface area contributed by atoms with E-state index in [2.05, 4.69) is 44.8 Å². The lowest BCUT2D eigenvalue weighted by Crippen LogP contribution is -2.64. The summed E-state index contributed by atoms with van der Waals surface area (Å²) in [6, 6.07) is 1.35. The molecule has 0 bridgehead atoms. The molecule has 1 fully saturated rings. The molecule has 1 heterocycles. The fraction of sp³-hybridized carbons (Fsp3) is 1.00. The summed E-state index contributed by atoms with van der Waals surface area (Å²) in [5.41, 5.74) is 0.356. The predicted molar refractivity (Wildman–Crippen MR) is 53.4 cm³/mol. The van der Waals surface area contributed by atoms with Crippen LogP contribution in [0.4, 0.5) is 0 Å². The quantitative estimate of drug-likeness (QED) is 0.675. The maximum absolute atomic E-state index is 3.54. The van der Waals surface area contributed by atoms with Crippen molar-refractivity contribution in [1.29, 1.82) is 0 Å². The molecule has 0 aliphatic carbocycles. The zero-order valence-corrected chi connectivity index (χ0v) is 9.02. The van der Waals surface area contributed by atoms with Crippen molar-refractivity contribution in [1.82, 2.24) is 10.2 Å². The smallest absolute Gasteiger partial charge is 0.0325 e. The van der Waals surface area contributed by atoms with Gasteiger partial charge in [0, 0.05) is 30.7 Å². The van der Waals surface area contributed by atoms with Crippen molar-refractivity contribution in [2.75, 3.05) is 13.1 Å². The molecule has 0 amide bonds. The van der Waals surface area contributed by atoms with Gasteiger partial charge in [0.15, 0.2) is 0 Å². The zero-order valence-electron chi connectivity index (χ0n) is 9.02. The van der Waals surface area contributed by atoms with Crippen molar-refractivity contribution in [3.8, 4) is 0 Å². The molecule has 0 radical (unpaired) electrons. The molecular weight excluding hydrogens is 148 g/mol. The standard InChI is InChI=1S/C10H22N2/c1-8(2)11-9-6-12(7-9)10(3,4)5/h8-9,11H,6-7H2,1-5H3. The highest BCUT2D eigenvalue weighted by molar-refractivity contribution is 4.93. The van der Waals surface area contributed by atoms with Gasteiger partial charge in [-0.2, -0.15) is 0 Å². The van der Waals surface area contributed by atoms with Gasteiger partial charge in [0.2, 0.25) is 0 Å². The monoisotopic (exact) mass is 170 g/mol. The second-order valence-corrected chi connectivity index (χ2v) is 5.09. The van der Waals surface area contributed by atoms with Crippen molar-refractivity contribution in [3.05, 3.63) is 0 Å². The van der Waals surface area contributed by atoms with Crippen LogP contribution in [0.25, 0.3) is 0 Å². The zero-order chi connectivity index (χ0) is 9.35. The number of nitrogens with zero attached hydrogens (tertiary/aromatic N) is 1. The van der Waals surface area contributed by atoms with Crippen molar-refractivity contribution >= 4 is 0 Å². The van der Waals surface area contributed by atoms with Crippen molar-refractivity contribution in [3.63, 3.8) is 0 Å². The van der Waals surface area contributed by atoms with E-state index < -0.39 is 0 Å². The van der Waals surface area contributed by atoms with E-state index in [-0.39, 0.29) is 0 Å². The first-order chi connectivity index (χ1) is 5.39. The molecule has 1 aliphatic heterocycles. The summed E-state index contributed by atoms with van der Waals surface area (Å²) in [5.74, 6) is 0. The van der Waals surface area contributed by atoms with E-state index in [9.17, 15) is 0 Å². The maximum Gasteiger partial charge on any atom is 0.0325 e. The maximum atomic E-state index is 3.54. The van der Waals surface area contributed by atoms with Gasteiger partial charge in [0.25, 0.3) is 0 Å². The minimum Gasteiger partial charge on any atom is -0.309 e. The third kappa shape index (κ3) is 2.46. The molecule has 1 saturated heterocycles. The molecule has 2 nitrogen and oxygen atoms in total. The molecule has 0 unspecified atom stereocenters. The highest BCUT2D eigenvalue weighted by Crippen LogP contribution is 2.20. The average Bonchev–Trinajstić information content (AvgIpc) is 1.73. The van der Waals surface area contributed by atoms with Gasteiger partial charge in [-0.3, -0.25) is 4.90 Å². The van der Waals surface area contributed by atoms with E-state index in [0.29, 0.717) is 11.6 Å². The number of nitrogens with one attached hydrogen (secondary N) is 1. The Balaban J connectivity index is 2.20. The fourth-order valence-corrected chi connectivity index (χ4v) is 1.60. The molecule has 12 heavy (non-hydrogen) atoms. The van der Waals surface area contributed by atoms with E-state index in [1.54, 1.807) is 0 Å². The summed E-state index contributed by atoms with van der Waals surface area (Å²) in [6.45, 7) is 13.7. The molecule has 0 spiro atoms. The van der Waals surface area contributed by atoms with Crippen molar-refractivity contribution in [2.45, 2.75) is 52.2 Å². The Morgan fingerprint density at radius 2 is 1.75 bits per heavy atom. The molecule has 0 saturated carbocycles. The van der Waals surface area contributed by atoms with Crippen LogP contribution < -0.4 is 5.32 Å². The van der Waals surface area contributed by atoms with E-state index >= 15 is 0 Å². The van der Waals surface area contributed by atoms with Crippen molar-refractivity contribution in [2.24, 2.45) is 0 Å².